The molecule has 1 unspecified atom stereocenters. The van der Waals surface area contributed by atoms with Crippen molar-refractivity contribution in [3.8, 4) is 5.88 Å². The van der Waals surface area contributed by atoms with Crippen LogP contribution in [-0.2, 0) is 4.84 Å². The number of nitrogens with zero attached hydrogens (tertiary/aromatic N) is 1. The quantitative estimate of drug-likeness (QED) is 0.708. The molecule has 13 heavy (non-hydrogen) atoms. The standard InChI is InChI=1S/C9H14N2O2/c1-7(6-13-10)8-4-3-5-9(11-8)12-2/h3-5,7H,6,10H2,1-2H3. The highest BCUT2D eigenvalue weighted by Gasteiger charge is 2.07. The van der Waals surface area contributed by atoms with Crippen LogP contribution in [0.2, 0.25) is 0 Å². The predicted molar refractivity (Wildman–Crippen MR) is 49.3 cm³/mol. The van der Waals surface area contributed by atoms with Gasteiger partial charge in [0.1, 0.15) is 0 Å². The molecule has 1 rings (SSSR count). The summed E-state index contributed by atoms with van der Waals surface area (Å²) >= 11 is 0. The van der Waals surface area contributed by atoms with Gasteiger partial charge in [-0.15, -0.1) is 0 Å². The third-order valence-corrected chi connectivity index (χ3v) is 1.81. The Hall–Kier alpha value is -1.13. The van der Waals surface area contributed by atoms with Crippen molar-refractivity contribution in [3.63, 3.8) is 0 Å². The topological polar surface area (TPSA) is 57.4 Å². The zero-order valence-corrected chi connectivity index (χ0v) is 7.86. The molecular formula is C9H14N2O2. The molecule has 0 spiro atoms. The van der Waals surface area contributed by atoms with Crippen LogP contribution in [0, 0.1) is 0 Å². The number of ether oxygens (including phenoxy) is 1. The van der Waals surface area contributed by atoms with Gasteiger partial charge >= 0.3 is 0 Å². The molecule has 1 heterocycles. The summed E-state index contributed by atoms with van der Waals surface area (Å²) in [7, 11) is 1.59. The predicted octanol–water partition coefficient (Wildman–Crippen LogP) is 1.08. The van der Waals surface area contributed by atoms with Gasteiger partial charge in [0.2, 0.25) is 5.88 Å². The van der Waals surface area contributed by atoms with Gasteiger partial charge in [-0.25, -0.2) is 10.9 Å². The van der Waals surface area contributed by atoms with E-state index in [0.717, 1.165) is 5.69 Å². The molecule has 0 aliphatic rings. The molecule has 0 bridgehead atoms. The van der Waals surface area contributed by atoms with E-state index in [1.807, 2.05) is 19.1 Å². The third-order valence-electron chi connectivity index (χ3n) is 1.81. The summed E-state index contributed by atoms with van der Waals surface area (Å²) < 4.78 is 5.00. The van der Waals surface area contributed by atoms with Crippen molar-refractivity contribution < 1.29 is 9.57 Å². The van der Waals surface area contributed by atoms with Gasteiger partial charge in [0.15, 0.2) is 0 Å². The number of rotatable bonds is 4. The molecule has 0 amide bonds. The number of methoxy groups -OCH3 is 1. The van der Waals surface area contributed by atoms with E-state index >= 15 is 0 Å². The Morgan fingerprint density at radius 3 is 2.92 bits per heavy atom. The van der Waals surface area contributed by atoms with Crippen molar-refractivity contribution in [2.24, 2.45) is 5.90 Å². The Bertz CT molecular complexity index is 266. The Morgan fingerprint density at radius 1 is 1.54 bits per heavy atom. The second-order valence-corrected chi connectivity index (χ2v) is 2.84. The van der Waals surface area contributed by atoms with Crippen molar-refractivity contribution in [3.05, 3.63) is 23.9 Å². The highest BCUT2D eigenvalue weighted by atomic mass is 16.6. The minimum Gasteiger partial charge on any atom is -0.481 e. The number of nitrogens with two attached hydrogens (primary N) is 1. The summed E-state index contributed by atoms with van der Waals surface area (Å²) in [5, 5.41) is 0. The third kappa shape index (κ3) is 2.68. The fourth-order valence-electron chi connectivity index (χ4n) is 1.05. The molecule has 0 saturated carbocycles. The summed E-state index contributed by atoms with van der Waals surface area (Å²) in [5.74, 6) is 5.77. The maximum absolute atomic E-state index is 5.00. The number of hydrogen-bond donors (Lipinski definition) is 1. The highest BCUT2D eigenvalue weighted by molar-refractivity contribution is 5.18. The van der Waals surface area contributed by atoms with Gasteiger partial charge in [0.25, 0.3) is 0 Å². The van der Waals surface area contributed by atoms with Crippen molar-refractivity contribution in [1.29, 1.82) is 0 Å². The second kappa shape index (κ2) is 4.79. The molecule has 0 radical (unpaired) electrons. The fourth-order valence-corrected chi connectivity index (χ4v) is 1.05. The molecule has 1 aromatic heterocycles. The number of pyridine rings is 1. The zero-order chi connectivity index (χ0) is 9.68. The lowest BCUT2D eigenvalue weighted by molar-refractivity contribution is 0.125. The summed E-state index contributed by atoms with van der Waals surface area (Å²) in [6, 6.07) is 5.62. The second-order valence-electron chi connectivity index (χ2n) is 2.84. The van der Waals surface area contributed by atoms with Crippen LogP contribution in [0.25, 0.3) is 0 Å². The van der Waals surface area contributed by atoms with Crippen molar-refractivity contribution >= 4 is 0 Å². The molecule has 0 aromatic carbocycles. The monoisotopic (exact) mass is 182 g/mol. The molecule has 1 aromatic rings. The van der Waals surface area contributed by atoms with Crippen LogP contribution in [0.3, 0.4) is 0 Å². The molecule has 0 saturated heterocycles. The van der Waals surface area contributed by atoms with E-state index in [0.29, 0.717) is 12.5 Å². The van der Waals surface area contributed by atoms with E-state index < -0.39 is 0 Å². The van der Waals surface area contributed by atoms with Crippen molar-refractivity contribution in [2.45, 2.75) is 12.8 Å². The normalized spacial score (nSPS) is 12.5. The molecular weight excluding hydrogens is 168 g/mol. The lowest BCUT2D eigenvalue weighted by atomic mass is 10.1. The first-order valence-electron chi connectivity index (χ1n) is 4.10. The van der Waals surface area contributed by atoms with Gasteiger partial charge in [0, 0.05) is 17.7 Å². The summed E-state index contributed by atoms with van der Waals surface area (Å²) in [4.78, 5) is 8.80. The first-order chi connectivity index (χ1) is 6.27. The van der Waals surface area contributed by atoms with E-state index in [2.05, 4.69) is 9.82 Å². The Morgan fingerprint density at radius 2 is 2.31 bits per heavy atom. The zero-order valence-electron chi connectivity index (χ0n) is 7.86. The van der Waals surface area contributed by atoms with Crippen LogP contribution in [0.15, 0.2) is 18.2 Å². The lowest BCUT2D eigenvalue weighted by Crippen LogP contribution is -2.09. The van der Waals surface area contributed by atoms with Gasteiger partial charge in [-0.1, -0.05) is 13.0 Å². The van der Waals surface area contributed by atoms with E-state index in [4.69, 9.17) is 10.6 Å². The van der Waals surface area contributed by atoms with Crippen molar-refractivity contribution in [1.82, 2.24) is 4.98 Å². The molecule has 1 atom stereocenters. The maximum atomic E-state index is 5.00. The summed E-state index contributed by atoms with van der Waals surface area (Å²) in [6.07, 6.45) is 0. The summed E-state index contributed by atoms with van der Waals surface area (Å²) in [6.45, 7) is 2.45. The lowest BCUT2D eigenvalue weighted by Gasteiger charge is -2.09. The first kappa shape index (κ1) is 9.95. The van der Waals surface area contributed by atoms with Gasteiger partial charge in [-0.2, -0.15) is 0 Å². The smallest absolute Gasteiger partial charge is 0.213 e. The van der Waals surface area contributed by atoms with Gasteiger partial charge in [0.05, 0.1) is 13.7 Å². The first-order valence-corrected chi connectivity index (χ1v) is 4.10. The van der Waals surface area contributed by atoms with Gasteiger partial charge in [-0.05, 0) is 6.07 Å². The van der Waals surface area contributed by atoms with Gasteiger partial charge < -0.3 is 9.57 Å². The van der Waals surface area contributed by atoms with Crippen LogP contribution in [0.1, 0.15) is 18.5 Å². The molecule has 0 fully saturated rings. The molecule has 4 heteroatoms. The molecule has 0 aliphatic heterocycles. The fraction of sp³-hybridized carbons (Fsp3) is 0.444. The molecule has 0 aliphatic carbocycles. The number of hydrogen-bond acceptors (Lipinski definition) is 4. The van der Waals surface area contributed by atoms with Crippen LogP contribution in [0.5, 0.6) is 5.88 Å². The van der Waals surface area contributed by atoms with Crippen LogP contribution < -0.4 is 10.6 Å². The minimum absolute atomic E-state index is 0.181. The largest absolute Gasteiger partial charge is 0.481 e. The van der Waals surface area contributed by atoms with Crippen molar-refractivity contribution in [2.75, 3.05) is 13.7 Å². The molecule has 4 nitrogen and oxygen atoms in total. The van der Waals surface area contributed by atoms with E-state index in [1.165, 1.54) is 0 Å². The van der Waals surface area contributed by atoms with E-state index in [1.54, 1.807) is 13.2 Å². The Kier molecular flexibility index (Phi) is 3.67. The number of aromatic nitrogens is 1. The average molecular weight is 182 g/mol. The van der Waals surface area contributed by atoms with Crippen LogP contribution in [-0.4, -0.2) is 18.7 Å². The van der Waals surface area contributed by atoms with Gasteiger partial charge in [-0.3, -0.25) is 0 Å². The van der Waals surface area contributed by atoms with E-state index in [9.17, 15) is 0 Å². The molecule has 2 N–H and O–H groups in total. The minimum atomic E-state index is 0.181. The summed E-state index contributed by atoms with van der Waals surface area (Å²) in [5.41, 5.74) is 0.921. The van der Waals surface area contributed by atoms with Crippen LogP contribution in [0.4, 0.5) is 0 Å². The Balaban J connectivity index is 2.75. The highest BCUT2D eigenvalue weighted by Crippen LogP contribution is 2.15. The SMILES string of the molecule is COc1cccc(C(C)CON)n1. The van der Waals surface area contributed by atoms with E-state index in [-0.39, 0.29) is 5.92 Å². The Labute approximate surface area is 77.6 Å². The maximum Gasteiger partial charge on any atom is 0.213 e. The van der Waals surface area contributed by atoms with Crippen LogP contribution >= 0.6 is 0 Å². The average Bonchev–Trinajstić information content (AvgIpc) is 2.18. The molecule has 72 valence electrons.